The van der Waals surface area contributed by atoms with Crippen molar-refractivity contribution in [3.63, 3.8) is 0 Å². The molecule has 0 saturated heterocycles. The lowest BCUT2D eigenvalue weighted by atomic mass is 9.85. The number of benzene rings is 2. The van der Waals surface area contributed by atoms with E-state index in [0.717, 1.165) is 36.8 Å². The molecule has 2 aromatic rings. The summed E-state index contributed by atoms with van der Waals surface area (Å²) in [6.07, 6.45) is 5.35. The van der Waals surface area contributed by atoms with E-state index in [9.17, 15) is 9.59 Å². The summed E-state index contributed by atoms with van der Waals surface area (Å²) >= 11 is 12.3. The van der Waals surface area contributed by atoms with E-state index in [1.807, 2.05) is 30.3 Å². The van der Waals surface area contributed by atoms with Crippen LogP contribution in [0.25, 0.3) is 0 Å². The number of carbonyl (C=O) groups excluding carboxylic acids is 2. The standard InChI is InChI=1S/C25H29Cl2NO4/c1-31-24(29)22(14-17-7-3-2-4-8-17)28-25(30)32-23(19-10-6-12-21(27)16-19)15-18-9-5-11-20(26)13-18/h5-6,9-13,16-17,22-23H,2-4,7-8,14-15H2,1H3,(H,28,30)/t22-,23?/m0/s1. The van der Waals surface area contributed by atoms with Crippen molar-refractivity contribution in [2.75, 3.05) is 7.11 Å². The number of methoxy groups -OCH3 is 1. The molecule has 7 heteroatoms. The van der Waals surface area contributed by atoms with Gasteiger partial charge in [-0.2, -0.15) is 0 Å². The quantitative estimate of drug-likeness (QED) is 0.439. The molecule has 1 saturated carbocycles. The molecule has 1 unspecified atom stereocenters. The van der Waals surface area contributed by atoms with E-state index < -0.39 is 24.2 Å². The van der Waals surface area contributed by atoms with E-state index in [0.29, 0.717) is 28.8 Å². The van der Waals surface area contributed by atoms with Gasteiger partial charge in [-0.15, -0.1) is 0 Å². The van der Waals surface area contributed by atoms with Gasteiger partial charge < -0.3 is 14.8 Å². The molecule has 0 spiro atoms. The highest BCUT2D eigenvalue weighted by atomic mass is 35.5. The summed E-state index contributed by atoms with van der Waals surface area (Å²) in [4.78, 5) is 25.2. The highest BCUT2D eigenvalue weighted by Crippen LogP contribution is 2.29. The number of halogens is 2. The summed E-state index contributed by atoms with van der Waals surface area (Å²) < 4.78 is 10.7. The Labute approximate surface area is 199 Å². The van der Waals surface area contributed by atoms with Crippen LogP contribution in [0.15, 0.2) is 48.5 Å². The second kappa shape index (κ2) is 12.1. The van der Waals surface area contributed by atoms with Gasteiger partial charge in [-0.3, -0.25) is 0 Å². The zero-order valence-corrected chi connectivity index (χ0v) is 19.7. The fourth-order valence-corrected chi connectivity index (χ4v) is 4.64. The SMILES string of the molecule is COC(=O)[C@H](CC1CCCCC1)NC(=O)OC(Cc1cccc(Cl)c1)c1cccc(Cl)c1. The third-order valence-corrected chi connectivity index (χ3v) is 6.32. The number of amides is 1. The predicted molar refractivity (Wildman–Crippen MR) is 126 cm³/mol. The lowest BCUT2D eigenvalue weighted by Gasteiger charge is -2.26. The Morgan fingerprint density at radius 1 is 1.03 bits per heavy atom. The first kappa shape index (κ1) is 24.4. The maximum Gasteiger partial charge on any atom is 0.408 e. The maximum atomic E-state index is 12.8. The van der Waals surface area contributed by atoms with Crippen molar-refractivity contribution in [2.45, 2.75) is 57.1 Å². The summed E-state index contributed by atoms with van der Waals surface area (Å²) in [7, 11) is 1.33. The van der Waals surface area contributed by atoms with Crippen molar-refractivity contribution in [2.24, 2.45) is 5.92 Å². The van der Waals surface area contributed by atoms with Crippen LogP contribution in [0.5, 0.6) is 0 Å². The number of carbonyl (C=O) groups is 2. The molecule has 1 N–H and O–H groups in total. The Balaban J connectivity index is 1.72. The fraction of sp³-hybridized carbons (Fsp3) is 0.440. The minimum absolute atomic E-state index is 0.392. The van der Waals surface area contributed by atoms with Crippen LogP contribution in [0.1, 0.15) is 55.8 Å². The molecule has 0 aromatic heterocycles. The van der Waals surface area contributed by atoms with Gasteiger partial charge in [-0.25, -0.2) is 9.59 Å². The first-order chi connectivity index (χ1) is 15.4. The highest BCUT2D eigenvalue weighted by Gasteiger charge is 2.28. The Morgan fingerprint density at radius 3 is 2.38 bits per heavy atom. The lowest BCUT2D eigenvalue weighted by Crippen LogP contribution is -2.43. The molecule has 2 atom stereocenters. The van der Waals surface area contributed by atoms with Gasteiger partial charge in [0.1, 0.15) is 12.1 Å². The molecule has 1 aliphatic rings. The second-order valence-electron chi connectivity index (χ2n) is 8.24. The Morgan fingerprint density at radius 2 is 1.72 bits per heavy atom. The maximum absolute atomic E-state index is 12.8. The van der Waals surface area contributed by atoms with E-state index in [1.165, 1.54) is 13.5 Å². The van der Waals surface area contributed by atoms with Gasteiger partial charge in [0.25, 0.3) is 0 Å². The zero-order chi connectivity index (χ0) is 22.9. The summed E-state index contributed by atoms with van der Waals surface area (Å²) in [5.74, 6) is -0.0648. The molecule has 1 aliphatic carbocycles. The Hall–Kier alpha value is -2.24. The minimum atomic E-state index is -0.734. The molecule has 2 aromatic carbocycles. The first-order valence-electron chi connectivity index (χ1n) is 11.0. The van der Waals surface area contributed by atoms with Crippen molar-refractivity contribution in [1.29, 1.82) is 0 Å². The van der Waals surface area contributed by atoms with Gasteiger partial charge in [0, 0.05) is 16.5 Å². The van der Waals surface area contributed by atoms with Gasteiger partial charge in [0.15, 0.2) is 0 Å². The van der Waals surface area contributed by atoms with Crippen molar-refractivity contribution in [3.8, 4) is 0 Å². The van der Waals surface area contributed by atoms with E-state index in [2.05, 4.69) is 5.32 Å². The molecule has 1 amide bonds. The normalized spacial score (nSPS) is 16.1. The average Bonchev–Trinajstić information content (AvgIpc) is 2.78. The smallest absolute Gasteiger partial charge is 0.408 e. The molecule has 1 fully saturated rings. The number of hydrogen-bond acceptors (Lipinski definition) is 4. The van der Waals surface area contributed by atoms with Crippen LogP contribution in [-0.4, -0.2) is 25.2 Å². The number of nitrogens with one attached hydrogen (secondary N) is 1. The van der Waals surface area contributed by atoms with Crippen LogP contribution < -0.4 is 5.32 Å². The number of esters is 1. The number of hydrogen-bond donors (Lipinski definition) is 1. The number of alkyl carbamates (subject to hydrolysis) is 1. The monoisotopic (exact) mass is 477 g/mol. The number of rotatable bonds is 8. The summed E-state index contributed by atoms with van der Waals surface area (Å²) in [6, 6.07) is 13.9. The second-order valence-corrected chi connectivity index (χ2v) is 9.12. The van der Waals surface area contributed by atoms with Crippen LogP contribution in [0.2, 0.25) is 10.0 Å². The third kappa shape index (κ3) is 7.42. The third-order valence-electron chi connectivity index (χ3n) is 5.85. The van der Waals surface area contributed by atoms with E-state index in [4.69, 9.17) is 32.7 Å². The first-order valence-corrected chi connectivity index (χ1v) is 11.7. The molecule has 0 bridgehead atoms. The summed E-state index contributed by atoms with van der Waals surface area (Å²) in [5, 5.41) is 3.89. The van der Waals surface area contributed by atoms with E-state index in [1.54, 1.807) is 18.2 Å². The van der Waals surface area contributed by atoms with Crippen LogP contribution in [0.4, 0.5) is 4.79 Å². The van der Waals surface area contributed by atoms with Gasteiger partial charge in [-0.05, 0) is 47.7 Å². The van der Waals surface area contributed by atoms with Gasteiger partial charge in [0.05, 0.1) is 7.11 Å². The fourth-order valence-electron chi connectivity index (χ4n) is 4.23. The molecular weight excluding hydrogens is 449 g/mol. The molecule has 3 rings (SSSR count). The number of ether oxygens (including phenoxy) is 2. The van der Waals surface area contributed by atoms with Crippen molar-refractivity contribution in [3.05, 3.63) is 69.7 Å². The molecular formula is C25H29Cl2NO4. The van der Waals surface area contributed by atoms with Crippen molar-refractivity contribution < 1.29 is 19.1 Å². The molecule has 0 aliphatic heterocycles. The zero-order valence-electron chi connectivity index (χ0n) is 18.2. The molecule has 32 heavy (non-hydrogen) atoms. The summed E-state index contributed by atoms with van der Waals surface area (Å²) in [6.45, 7) is 0. The molecule has 0 heterocycles. The Bertz CT molecular complexity index is 914. The van der Waals surface area contributed by atoms with E-state index in [-0.39, 0.29) is 0 Å². The van der Waals surface area contributed by atoms with E-state index >= 15 is 0 Å². The molecule has 0 radical (unpaired) electrons. The van der Waals surface area contributed by atoms with Crippen molar-refractivity contribution in [1.82, 2.24) is 5.32 Å². The van der Waals surface area contributed by atoms with Crippen LogP contribution >= 0.6 is 23.2 Å². The van der Waals surface area contributed by atoms with Gasteiger partial charge in [0.2, 0.25) is 0 Å². The molecule has 172 valence electrons. The topological polar surface area (TPSA) is 64.6 Å². The van der Waals surface area contributed by atoms with Crippen LogP contribution in [-0.2, 0) is 20.7 Å². The summed E-state index contributed by atoms with van der Waals surface area (Å²) in [5.41, 5.74) is 1.68. The average molecular weight is 478 g/mol. The van der Waals surface area contributed by atoms with Gasteiger partial charge >= 0.3 is 12.1 Å². The molecule has 5 nitrogen and oxygen atoms in total. The lowest BCUT2D eigenvalue weighted by molar-refractivity contribution is -0.143. The van der Waals surface area contributed by atoms with Gasteiger partial charge in [-0.1, -0.05) is 79.6 Å². The largest absolute Gasteiger partial charge is 0.467 e. The van der Waals surface area contributed by atoms with Crippen molar-refractivity contribution >= 4 is 35.3 Å². The van der Waals surface area contributed by atoms with Crippen LogP contribution in [0.3, 0.4) is 0 Å². The predicted octanol–water partition coefficient (Wildman–Crippen LogP) is 6.52. The minimum Gasteiger partial charge on any atom is -0.467 e. The van der Waals surface area contributed by atoms with Crippen LogP contribution in [0, 0.1) is 5.92 Å². The Kier molecular flexibility index (Phi) is 9.24. The highest BCUT2D eigenvalue weighted by molar-refractivity contribution is 6.30.